The second kappa shape index (κ2) is 6.01. The van der Waals surface area contributed by atoms with Gasteiger partial charge in [0.05, 0.1) is 22.2 Å². The monoisotopic (exact) mass is 302 g/mol. The van der Waals surface area contributed by atoms with Crippen molar-refractivity contribution in [2.75, 3.05) is 16.2 Å². The Morgan fingerprint density at radius 1 is 1.26 bits per heavy atom. The van der Waals surface area contributed by atoms with Crippen LogP contribution in [0.4, 0.5) is 11.4 Å². The van der Waals surface area contributed by atoms with E-state index in [-0.39, 0.29) is 11.7 Å². The molecule has 3 N–H and O–H groups in total. The normalized spacial score (nSPS) is 17.3. The van der Waals surface area contributed by atoms with E-state index in [1.54, 1.807) is 18.2 Å². The van der Waals surface area contributed by atoms with Crippen molar-refractivity contribution in [1.29, 1.82) is 0 Å². The molecule has 6 heteroatoms. The fourth-order valence-electron chi connectivity index (χ4n) is 2.49. The zero-order valence-corrected chi connectivity index (χ0v) is 12.3. The SMILES string of the molecule is Nc1cc(NS(=O)(=O)CC2CCCCC2)ccc1Cl. The van der Waals surface area contributed by atoms with Crippen molar-refractivity contribution in [2.45, 2.75) is 32.1 Å². The van der Waals surface area contributed by atoms with E-state index < -0.39 is 10.0 Å². The van der Waals surface area contributed by atoms with Gasteiger partial charge in [-0.05, 0) is 37.0 Å². The van der Waals surface area contributed by atoms with E-state index >= 15 is 0 Å². The van der Waals surface area contributed by atoms with E-state index in [4.69, 9.17) is 17.3 Å². The Balaban J connectivity index is 2.01. The van der Waals surface area contributed by atoms with Gasteiger partial charge < -0.3 is 5.73 Å². The lowest BCUT2D eigenvalue weighted by Crippen LogP contribution is -2.24. The van der Waals surface area contributed by atoms with Crippen LogP contribution in [-0.4, -0.2) is 14.2 Å². The highest BCUT2D eigenvalue weighted by molar-refractivity contribution is 7.92. The first-order valence-electron chi connectivity index (χ1n) is 6.52. The van der Waals surface area contributed by atoms with E-state index in [0.717, 1.165) is 25.7 Å². The Morgan fingerprint density at radius 2 is 1.95 bits per heavy atom. The molecule has 1 aromatic rings. The highest BCUT2D eigenvalue weighted by Crippen LogP contribution is 2.27. The summed E-state index contributed by atoms with van der Waals surface area (Å²) in [6.07, 6.45) is 5.49. The Hall–Kier alpha value is -0.940. The summed E-state index contributed by atoms with van der Waals surface area (Å²) in [5, 5.41) is 0.426. The van der Waals surface area contributed by atoms with E-state index in [1.165, 1.54) is 6.42 Å². The highest BCUT2D eigenvalue weighted by atomic mass is 35.5. The minimum atomic E-state index is -3.31. The van der Waals surface area contributed by atoms with Crippen molar-refractivity contribution in [3.63, 3.8) is 0 Å². The smallest absolute Gasteiger partial charge is 0.232 e. The van der Waals surface area contributed by atoms with Gasteiger partial charge in [-0.3, -0.25) is 4.72 Å². The molecule has 1 saturated carbocycles. The lowest BCUT2D eigenvalue weighted by atomic mass is 9.91. The topological polar surface area (TPSA) is 72.2 Å². The third-order valence-electron chi connectivity index (χ3n) is 3.45. The van der Waals surface area contributed by atoms with Crippen LogP contribution in [-0.2, 0) is 10.0 Å². The van der Waals surface area contributed by atoms with Gasteiger partial charge >= 0.3 is 0 Å². The molecule has 2 rings (SSSR count). The maximum Gasteiger partial charge on any atom is 0.232 e. The van der Waals surface area contributed by atoms with E-state index in [0.29, 0.717) is 16.4 Å². The number of nitrogens with two attached hydrogens (primary N) is 1. The molecule has 0 aliphatic heterocycles. The molecule has 1 aliphatic carbocycles. The number of nitrogens with one attached hydrogen (secondary N) is 1. The van der Waals surface area contributed by atoms with Crippen LogP contribution in [0.3, 0.4) is 0 Å². The molecule has 0 amide bonds. The van der Waals surface area contributed by atoms with Crippen molar-refractivity contribution < 1.29 is 8.42 Å². The molecule has 0 saturated heterocycles. The predicted octanol–water partition coefficient (Wildman–Crippen LogP) is 3.24. The second-order valence-electron chi connectivity index (χ2n) is 5.12. The molecule has 0 aromatic heterocycles. The number of halogens is 1. The predicted molar refractivity (Wildman–Crippen MR) is 79.8 cm³/mol. The Labute approximate surface area is 119 Å². The summed E-state index contributed by atoms with van der Waals surface area (Å²) in [6.45, 7) is 0. The van der Waals surface area contributed by atoms with Gasteiger partial charge in [-0.25, -0.2) is 8.42 Å². The molecule has 19 heavy (non-hydrogen) atoms. The van der Waals surface area contributed by atoms with E-state index in [2.05, 4.69) is 4.72 Å². The van der Waals surface area contributed by atoms with Crippen LogP contribution in [0.15, 0.2) is 18.2 Å². The molecule has 0 unspecified atom stereocenters. The van der Waals surface area contributed by atoms with Gasteiger partial charge in [0.25, 0.3) is 0 Å². The third-order valence-corrected chi connectivity index (χ3v) is 5.25. The van der Waals surface area contributed by atoms with E-state index in [9.17, 15) is 8.42 Å². The number of hydrogen-bond donors (Lipinski definition) is 2. The van der Waals surface area contributed by atoms with Gasteiger partial charge in [-0.2, -0.15) is 0 Å². The first kappa shape index (κ1) is 14.5. The lowest BCUT2D eigenvalue weighted by molar-refractivity contribution is 0.385. The first-order valence-corrected chi connectivity index (χ1v) is 8.55. The average Bonchev–Trinajstić information content (AvgIpc) is 2.34. The summed E-state index contributed by atoms with van der Waals surface area (Å²) in [6, 6.07) is 4.76. The molecule has 1 fully saturated rings. The molecule has 0 spiro atoms. The van der Waals surface area contributed by atoms with Gasteiger partial charge in [0.2, 0.25) is 10.0 Å². The second-order valence-corrected chi connectivity index (χ2v) is 7.30. The largest absolute Gasteiger partial charge is 0.397 e. The van der Waals surface area contributed by atoms with Crippen molar-refractivity contribution in [1.82, 2.24) is 0 Å². The molecule has 0 bridgehead atoms. The van der Waals surface area contributed by atoms with Gasteiger partial charge in [0, 0.05) is 0 Å². The van der Waals surface area contributed by atoms with Crippen LogP contribution >= 0.6 is 11.6 Å². The van der Waals surface area contributed by atoms with Gasteiger partial charge in [0.15, 0.2) is 0 Å². The summed E-state index contributed by atoms with van der Waals surface area (Å²) in [7, 11) is -3.31. The minimum Gasteiger partial charge on any atom is -0.397 e. The summed E-state index contributed by atoms with van der Waals surface area (Å²) in [5.41, 5.74) is 6.50. The molecule has 4 nitrogen and oxygen atoms in total. The maximum absolute atomic E-state index is 12.1. The molecule has 1 aromatic carbocycles. The molecule has 0 atom stereocenters. The molecule has 0 radical (unpaired) electrons. The average molecular weight is 303 g/mol. The Morgan fingerprint density at radius 3 is 2.58 bits per heavy atom. The van der Waals surface area contributed by atoms with Crippen molar-refractivity contribution in [3.8, 4) is 0 Å². The van der Waals surface area contributed by atoms with Crippen LogP contribution in [0.1, 0.15) is 32.1 Å². The number of sulfonamides is 1. The quantitative estimate of drug-likeness (QED) is 0.839. The van der Waals surface area contributed by atoms with Crippen LogP contribution in [0.5, 0.6) is 0 Å². The number of hydrogen-bond acceptors (Lipinski definition) is 3. The summed E-state index contributed by atoms with van der Waals surface area (Å²) in [5.74, 6) is 0.464. The third kappa shape index (κ3) is 4.28. The lowest BCUT2D eigenvalue weighted by Gasteiger charge is -2.21. The number of nitrogen functional groups attached to an aromatic ring is 1. The number of anilines is 2. The maximum atomic E-state index is 12.1. The van der Waals surface area contributed by atoms with Gasteiger partial charge in [-0.15, -0.1) is 0 Å². The van der Waals surface area contributed by atoms with Crippen molar-refractivity contribution >= 4 is 33.0 Å². The molecule has 106 valence electrons. The number of benzene rings is 1. The zero-order valence-electron chi connectivity index (χ0n) is 10.7. The van der Waals surface area contributed by atoms with E-state index in [1.807, 2.05) is 0 Å². The van der Waals surface area contributed by atoms with Crippen LogP contribution in [0.2, 0.25) is 5.02 Å². The van der Waals surface area contributed by atoms with Crippen molar-refractivity contribution in [2.24, 2.45) is 5.92 Å². The Bertz CT molecular complexity index is 540. The zero-order chi connectivity index (χ0) is 13.9. The summed E-state index contributed by atoms with van der Waals surface area (Å²) >= 11 is 5.81. The Kier molecular flexibility index (Phi) is 4.58. The first-order chi connectivity index (χ1) is 8.96. The molecule has 0 heterocycles. The van der Waals surface area contributed by atoms with Crippen LogP contribution in [0, 0.1) is 5.92 Å². The molecular weight excluding hydrogens is 284 g/mol. The molecule has 1 aliphatic rings. The standard InChI is InChI=1S/C13H19ClN2O2S/c14-12-7-6-11(8-13(12)15)16-19(17,18)9-10-4-2-1-3-5-10/h6-8,10,16H,1-5,9,15H2. The molecular formula is C13H19ClN2O2S. The fourth-order valence-corrected chi connectivity index (χ4v) is 4.13. The number of rotatable bonds is 4. The fraction of sp³-hybridized carbons (Fsp3) is 0.538. The summed E-state index contributed by atoms with van der Waals surface area (Å²) < 4.78 is 26.7. The van der Waals surface area contributed by atoms with Crippen LogP contribution in [0.25, 0.3) is 0 Å². The van der Waals surface area contributed by atoms with Crippen molar-refractivity contribution in [3.05, 3.63) is 23.2 Å². The van der Waals surface area contributed by atoms with Gasteiger partial charge in [0.1, 0.15) is 0 Å². The minimum absolute atomic E-state index is 0.190. The highest BCUT2D eigenvalue weighted by Gasteiger charge is 2.21. The van der Waals surface area contributed by atoms with Gasteiger partial charge in [-0.1, -0.05) is 30.9 Å². The van der Waals surface area contributed by atoms with Crippen LogP contribution < -0.4 is 10.5 Å². The summed E-state index contributed by atoms with van der Waals surface area (Å²) in [4.78, 5) is 0.